The number of amides is 1. The number of unbranched alkanes of at least 4 members (excludes halogenated alkanes) is 2. The van der Waals surface area contributed by atoms with Crippen LogP contribution in [0.5, 0.6) is 0 Å². The van der Waals surface area contributed by atoms with Crippen molar-refractivity contribution in [2.24, 2.45) is 0 Å². The molecule has 1 saturated carbocycles. The van der Waals surface area contributed by atoms with Gasteiger partial charge in [0.2, 0.25) is 5.82 Å². The number of nitrogens with one attached hydrogen (secondary N) is 1. The van der Waals surface area contributed by atoms with Crippen molar-refractivity contribution in [2.75, 3.05) is 13.6 Å². The van der Waals surface area contributed by atoms with Crippen molar-refractivity contribution in [3.05, 3.63) is 11.6 Å². The average Bonchev–Trinajstić information content (AvgIpc) is 3.07. The summed E-state index contributed by atoms with van der Waals surface area (Å²) >= 11 is 0. The number of aromatic nitrogens is 3. The fourth-order valence-electron chi connectivity index (χ4n) is 1.78. The number of carbonyl (C=O) groups is 1. The summed E-state index contributed by atoms with van der Waals surface area (Å²) < 4.78 is 0. The van der Waals surface area contributed by atoms with E-state index in [4.69, 9.17) is 0 Å². The van der Waals surface area contributed by atoms with E-state index in [1.165, 1.54) is 0 Å². The molecule has 0 unspecified atom stereocenters. The monoisotopic (exact) mass is 236 g/mol. The molecule has 1 aliphatic carbocycles. The van der Waals surface area contributed by atoms with Crippen LogP contribution in [0, 0.1) is 0 Å². The highest BCUT2D eigenvalue weighted by Crippen LogP contribution is 2.37. The van der Waals surface area contributed by atoms with Gasteiger partial charge in [0.05, 0.1) is 0 Å². The van der Waals surface area contributed by atoms with E-state index in [0.29, 0.717) is 11.7 Å². The highest BCUT2D eigenvalue weighted by atomic mass is 16.2. The van der Waals surface area contributed by atoms with Crippen LogP contribution in [-0.4, -0.2) is 39.6 Å². The number of rotatable bonds is 6. The highest BCUT2D eigenvalue weighted by Gasteiger charge is 2.28. The fourth-order valence-corrected chi connectivity index (χ4v) is 1.78. The van der Waals surface area contributed by atoms with E-state index in [9.17, 15) is 4.79 Å². The van der Waals surface area contributed by atoms with E-state index in [1.807, 2.05) is 7.05 Å². The largest absolute Gasteiger partial charge is 0.339 e. The van der Waals surface area contributed by atoms with Gasteiger partial charge in [0.1, 0.15) is 5.82 Å². The highest BCUT2D eigenvalue weighted by molar-refractivity contribution is 5.90. The Kier molecular flexibility index (Phi) is 3.76. The zero-order valence-corrected chi connectivity index (χ0v) is 10.6. The maximum Gasteiger partial charge on any atom is 0.293 e. The van der Waals surface area contributed by atoms with Crippen LogP contribution in [0.4, 0.5) is 0 Å². The van der Waals surface area contributed by atoms with Gasteiger partial charge >= 0.3 is 0 Å². The average molecular weight is 236 g/mol. The molecule has 0 aliphatic heterocycles. The molecule has 1 amide bonds. The minimum Gasteiger partial charge on any atom is -0.339 e. The van der Waals surface area contributed by atoms with Crippen LogP contribution in [0.15, 0.2) is 0 Å². The molecule has 2 rings (SSSR count). The summed E-state index contributed by atoms with van der Waals surface area (Å²) in [5, 5.41) is 6.86. The third-order valence-corrected chi connectivity index (χ3v) is 3.10. The Morgan fingerprint density at radius 3 is 2.88 bits per heavy atom. The van der Waals surface area contributed by atoms with Gasteiger partial charge in [-0.15, -0.1) is 5.10 Å². The van der Waals surface area contributed by atoms with Crippen LogP contribution < -0.4 is 0 Å². The molecule has 0 spiro atoms. The first-order valence-corrected chi connectivity index (χ1v) is 6.40. The van der Waals surface area contributed by atoms with Gasteiger partial charge in [-0.2, -0.15) is 0 Å². The Morgan fingerprint density at radius 1 is 1.47 bits per heavy atom. The van der Waals surface area contributed by atoms with Gasteiger partial charge in [-0.3, -0.25) is 9.89 Å². The van der Waals surface area contributed by atoms with Crippen LogP contribution in [0.3, 0.4) is 0 Å². The number of carbonyl (C=O) groups excluding carboxylic acids is 1. The topological polar surface area (TPSA) is 61.9 Å². The molecule has 0 saturated heterocycles. The molecule has 0 bridgehead atoms. The van der Waals surface area contributed by atoms with E-state index in [2.05, 4.69) is 22.1 Å². The molecule has 0 radical (unpaired) electrons. The second-order valence-corrected chi connectivity index (χ2v) is 4.75. The minimum atomic E-state index is -0.0794. The fraction of sp³-hybridized carbons (Fsp3) is 0.750. The Balaban J connectivity index is 1.88. The van der Waals surface area contributed by atoms with Crippen LogP contribution in [0.2, 0.25) is 0 Å². The summed E-state index contributed by atoms with van der Waals surface area (Å²) in [5.41, 5.74) is 0. The lowest BCUT2D eigenvalue weighted by Gasteiger charge is -2.14. The van der Waals surface area contributed by atoms with Crippen LogP contribution >= 0.6 is 0 Å². The number of hydrogen-bond donors (Lipinski definition) is 1. The second kappa shape index (κ2) is 5.29. The Morgan fingerprint density at radius 2 is 2.24 bits per heavy atom. The summed E-state index contributed by atoms with van der Waals surface area (Å²) in [6.07, 6.45) is 5.68. The molecule has 1 aliphatic rings. The van der Waals surface area contributed by atoms with Crippen LogP contribution in [-0.2, 0) is 0 Å². The van der Waals surface area contributed by atoms with Crippen molar-refractivity contribution in [2.45, 2.75) is 44.9 Å². The third kappa shape index (κ3) is 3.05. The molecule has 0 aromatic carbocycles. The lowest BCUT2D eigenvalue weighted by molar-refractivity contribution is 0.0781. The predicted molar refractivity (Wildman–Crippen MR) is 64.8 cm³/mol. The van der Waals surface area contributed by atoms with Crippen molar-refractivity contribution >= 4 is 5.91 Å². The van der Waals surface area contributed by atoms with Crippen LogP contribution in [0.25, 0.3) is 0 Å². The van der Waals surface area contributed by atoms with E-state index in [0.717, 1.165) is 44.5 Å². The minimum absolute atomic E-state index is 0.0794. The van der Waals surface area contributed by atoms with E-state index < -0.39 is 0 Å². The first-order chi connectivity index (χ1) is 8.22. The van der Waals surface area contributed by atoms with Crippen molar-refractivity contribution in [3.8, 4) is 0 Å². The van der Waals surface area contributed by atoms with Gasteiger partial charge in [-0.05, 0) is 19.3 Å². The normalized spacial score (nSPS) is 14.9. The molecular formula is C12H20N4O. The summed E-state index contributed by atoms with van der Waals surface area (Å²) in [5.74, 6) is 1.61. The molecule has 1 fully saturated rings. The lowest BCUT2D eigenvalue weighted by Crippen LogP contribution is -2.28. The molecule has 1 aromatic heterocycles. The molecular weight excluding hydrogens is 216 g/mol. The summed E-state index contributed by atoms with van der Waals surface area (Å²) in [7, 11) is 1.81. The molecule has 94 valence electrons. The second-order valence-electron chi connectivity index (χ2n) is 4.75. The van der Waals surface area contributed by atoms with Crippen LogP contribution in [0.1, 0.15) is 61.4 Å². The Hall–Kier alpha value is -1.39. The zero-order valence-electron chi connectivity index (χ0n) is 10.6. The quantitative estimate of drug-likeness (QED) is 0.768. The molecule has 1 aromatic rings. The van der Waals surface area contributed by atoms with Crippen molar-refractivity contribution in [1.29, 1.82) is 0 Å². The number of hydrogen-bond acceptors (Lipinski definition) is 3. The number of H-pyrrole nitrogens is 1. The maximum absolute atomic E-state index is 12.0. The van der Waals surface area contributed by atoms with Crippen molar-refractivity contribution in [3.63, 3.8) is 0 Å². The SMILES string of the molecule is CCCCCN(C)C(=O)c1n[nH]c(C2CC2)n1. The number of nitrogens with zero attached hydrogens (tertiary/aromatic N) is 3. The smallest absolute Gasteiger partial charge is 0.293 e. The van der Waals surface area contributed by atoms with Gasteiger partial charge in [0.15, 0.2) is 0 Å². The van der Waals surface area contributed by atoms with E-state index in [-0.39, 0.29) is 5.91 Å². The molecule has 1 N–H and O–H groups in total. The predicted octanol–water partition coefficient (Wildman–Crippen LogP) is 1.94. The van der Waals surface area contributed by atoms with E-state index >= 15 is 0 Å². The lowest BCUT2D eigenvalue weighted by atomic mass is 10.2. The number of aromatic amines is 1. The van der Waals surface area contributed by atoms with Gasteiger partial charge in [-0.1, -0.05) is 19.8 Å². The van der Waals surface area contributed by atoms with Gasteiger partial charge in [0.25, 0.3) is 5.91 Å². The zero-order chi connectivity index (χ0) is 12.3. The molecule has 17 heavy (non-hydrogen) atoms. The molecule has 5 heteroatoms. The molecule has 5 nitrogen and oxygen atoms in total. The Bertz CT molecular complexity index is 384. The first-order valence-electron chi connectivity index (χ1n) is 6.40. The van der Waals surface area contributed by atoms with Gasteiger partial charge in [0, 0.05) is 19.5 Å². The summed E-state index contributed by atoms with van der Waals surface area (Å²) in [6, 6.07) is 0. The molecule has 0 atom stereocenters. The third-order valence-electron chi connectivity index (χ3n) is 3.10. The first kappa shape index (κ1) is 12.1. The van der Waals surface area contributed by atoms with Crippen molar-refractivity contribution in [1.82, 2.24) is 20.1 Å². The summed E-state index contributed by atoms with van der Waals surface area (Å²) in [6.45, 7) is 2.93. The molecule has 1 heterocycles. The van der Waals surface area contributed by atoms with Gasteiger partial charge < -0.3 is 4.90 Å². The summed E-state index contributed by atoms with van der Waals surface area (Å²) in [4.78, 5) is 17.9. The van der Waals surface area contributed by atoms with Crippen molar-refractivity contribution < 1.29 is 4.79 Å². The maximum atomic E-state index is 12.0. The van der Waals surface area contributed by atoms with E-state index in [1.54, 1.807) is 4.90 Å². The van der Waals surface area contributed by atoms with Gasteiger partial charge in [-0.25, -0.2) is 4.98 Å². The standard InChI is InChI=1S/C12H20N4O/c1-3-4-5-8-16(2)12(17)11-13-10(14-15-11)9-6-7-9/h9H,3-8H2,1-2H3,(H,13,14,15). The Labute approximate surface area is 102 Å².